The van der Waals surface area contributed by atoms with Crippen molar-refractivity contribution in [3.05, 3.63) is 29.9 Å². The maximum absolute atomic E-state index is 11.3. The van der Waals surface area contributed by atoms with Crippen molar-refractivity contribution in [3.63, 3.8) is 0 Å². The van der Waals surface area contributed by atoms with Crippen molar-refractivity contribution in [1.29, 1.82) is 5.26 Å². The van der Waals surface area contributed by atoms with Crippen molar-refractivity contribution in [2.75, 3.05) is 7.11 Å². The Hall–Kier alpha value is -2.09. The van der Waals surface area contributed by atoms with E-state index < -0.39 is 0 Å². The molecule has 5 nitrogen and oxygen atoms in total. The number of methoxy groups -OCH3 is 1. The third-order valence-corrected chi connectivity index (χ3v) is 2.18. The summed E-state index contributed by atoms with van der Waals surface area (Å²) >= 11 is 0. The van der Waals surface area contributed by atoms with Crippen LogP contribution in [0.5, 0.6) is 0 Å². The zero-order chi connectivity index (χ0) is 12.0. The number of nitriles is 1. The second kappa shape index (κ2) is 5.71. The Morgan fingerprint density at radius 1 is 1.75 bits per heavy atom. The van der Waals surface area contributed by atoms with Crippen LogP contribution in [0.25, 0.3) is 0 Å². The van der Waals surface area contributed by atoms with Crippen LogP contribution >= 0.6 is 0 Å². The van der Waals surface area contributed by atoms with Crippen LogP contribution in [-0.2, 0) is 16.1 Å². The molecule has 5 heteroatoms. The minimum atomic E-state index is -0.332. The Morgan fingerprint density at radius 2 is 2.50 bits per heavy atom. The van der Waals surface area contributed by atoms with E-state index in [0.717, 1.165) is 0 Å². The number of carbonyl (C=O) groups is 1. The highest BCUT2D eigenvalue weighted by atomic mass is 16.5. The number of aromatic nitrogens is 2. The molecule has 1 rings (SSSR count). The van der Waals surface area contributed by atoms with E-state index in [-0.39, 0.29) is 5.97 Å². The summed E-state index contributed by atoms with van der Waals surface area (Å²) < 4.78 is 6.30. The molecule has 1 aromatic rings. The van der Waals surface area contributed by atoms with Crippen molar-refractivity contribution in [3.8, 4) is 6.07 Å². The van der Waals surface area contributed by atoms with Gasteiger partial charge in [-0.25, -0.2) is 9.78 Å². The summed E-state index contributed by atoms with van der Waals surface area (Å²) in [5, 5.41) is 8.74. The third kappa shape index (κ3) is 2.70. The quantitative estimate of drug-likeness (QED) is 0.564. The number of esters is 1. The van der Waals surface area contributed by atoms with Gasteiger partial charge >= 0.3 is 5.97 Å². The van der Waals surface area contributed by atoms with Gasteiger partial charge in [0.15, 0.2) is 0 Å². The van der Waals surface area contributed by atoms with Gasteiger partial charge in [0.25, 0.3) is 0 Å². The average molecular weight is 219 g/mol. The molecule has 0 atom stereocenters. The zero-order valence-electron chi connectivity index (χ0n) is 9.30. The first kappa shape index (κ1) is 12.0. The molecule has 0 bridgehead atoms. The first-order valence-electron chi connectivity index (χ1n) is 4.91. The van der Waals surface area contributed by atoms with Gasteiger partial charge in [0.2, 0.25) is 5.82 Å². The summed E-state index contributed by atoms with van der Waals surface area (Å²) in [5.41, 5.74) is 0.597. The second-order valence-electron chi connectivity index (χ2n) is 3.09. The molecular formula is C11H13N3O2. The molecular weight excluding hydrogens is 206 g/mol. The minimum Gasteiger partial charge on any atom is -0.466 e. The second-order valence-corrected chi connectivity index (χ2v) is 3.09. The number of rotatable bonds is 4. The number of carbonyl (C=O) groups excluding carboxylic acids is 1. The molecule has 0 aromatic carbocycles. The van der Waals surface area contributed by atoms with Gasteiger partial charge in [-0.3, -0.25) is 0 Å². The predicted octanol–water partition coefficient (Wildman–Crippen LogP) is 1.26. The standard InChI is InChI=1S/C11H13N3O2/c1-3-9(11(15)16-2)4-6-14-7-5-13-10(14)8-12/h4-5,7H,3,6H2,1-2H3. The lowest BCUT2D eigenvalue weighted by atomic mass is 10.2. The molecule has 0 saturated carbocycles. The summed E-state index contributed by atoms with van der Waals surface area (Å²) in [5.74, 6) is -0.00214. The molecule has 0 fully saturated rings. The Kier molecular flexibility index (Phi) is 4.28. The van der Waals surface area contributed by atoms with E-state index in [4.69, 9.17) is 5.26 Å². The van der Waals surface area contributed by atoms with Crippen LogP contribution in [0.4, 0.5) is 0 Å². The van der Waals surface area contributed by atoms with E-state index in [9.17, 15) is 4.79 Å². The summed E-state index contributed by atoms with van der Waals surface area (Å²) in [4.78, 5) is 15.1. The van der Waals surface area contributed by atoms with Gasteiger partial charge < -0.3 is 9.30 Å². The molecule has 1 aromatic heterocycles. The van der Waals surface area contributed by atoms with E-state index in [2.05, 4.69) is 9.72 Å². The van der Waals surface area contributed by atoms with E-state index in [1.165, 1.54) is 7.11 Å². The molecule has 1 heterocycles. The first-order valence-corrected chi connectivity index (χ1v) is 4.91. The van der Waals surface area contributed by atoms with Crippen molar-refractivity contribution < 1.29 is 9.53 Å². The highest BCUT2D eigenvalue weighted by Crippen LogP contribution is 2.05. The SMILES string of the molecule is CCC(=CCn1ccnc1C#N)C(=O)OC. The van der Waals surface area contributed by atoms with Crippen molar-refractivity contribution in [2.45, 2.75) is 19.9 Å². The van der Waals surface area contributed by atoms with Gasteiger partial charge in [0.05, 0.1) is 7.11 Å². The molecule has 0 spiro atoms. The van der Waals surface area contributed by atoms with E-state index in [0.29, 0.717) is 24.4 Å². The highest BCUT2D eigenvalue weighted by molar-refractivity contribution is 5.88. The van der Waals surface area contributed by atoms with Crippen LogP contribution in [-0.4, -0.2) is 22.6 Å². The van der Waals surface area contributed by atoms with Gasteiger partial charge in [-0.05, 0) is 6.42 Å². The van der Waals surface area contributed by atoms with Crippen LogP contribution in [0.15, 0.2) is 24.0 Å². The smallest absolute Gasteiger partial charge is 0.333 e. The largest absolute Gasteiger partial charge is 0.466 e. The van der Waals surface area contributed by atoms with Gasteiger partial charge in [-0.1, -0.05) is 13.0 Å². The topological polar surface area (TPSA) is 67.9 Å². The molecule has 0 aliphatic heterocycles. The molecule has 0 radical (unpaired) electrons. The number of nitrogens with zero attached hydrogens (tertiary/aromatic N) is 3. The average Bonchev–Trinajstić information content (AvgIpc) is 2.76. The lowest BCUT2D eigenvalue weighted by molar-refractivity contribution is -0.136. The van der Waals surface area contributed by atoms with E-state index >= 15 is 0 Å². The van der Waals surface area contributed by atoms with Gasteiger partial charge in [0, 0.05) is 24.5 Å². The fourth-order valence-corrected chi connectivity index (χ4v) is 1.28. The summed E-state index contributed by atoms with van der Waals surface area (Å²) in [7, 11) is 1.35. The number of hydrogen-bond acceptors (Lipinski definition) is 4. The number of hydrogen-bond donors (Lipinski definition) is 0. The molecule has 16 heavy (non-hydrogen) atoms. The normalized spacial score (nSPS) is 10.9. The Bertz CT molecular complexity index is 440. The van der Waals surface area contributed by atoms with Crippen molar-refractivity contribution >= 4 is 5.97 Å². The van der Waals surface area contributed by atoms with Crippen molar-refractivity contribution in [1.82, 2.24) is 9.55 Å². The molecule has 0 aliphatic rings. The first-order chi connectivity index (χ1) is 7.72. The van der Waals surface area contributed by atoms with Gasteiger partial charge in [-0.2, -0.15) is 5.26 Å². The molecule has 0 amide bonds. The van der Waals surface area contributed by atoms with Crippen LogP contribution < -0.4 is 0 Å². The lowest BCUT2D eigenvalue weighted by Gasteiger charge is -2.03. The Morgan fingerprint density at radius 3 is 3.06 bits per heavy atom. The predicted molar refractivity (Wildman–Crippen MR) is 57.3 cm³/mol. The number of allylic oxidation sites excluding steroid dienone is 1. The van der Waals surface area contributed by atoms with Gasteiger partial charge in [0.1, 0.15) is 6.07 Å². The van der Waals surface area contributed by atoms with Gasteiger partial charge in [-0.15, -0.1) is 0 Å². The summed E-state index contributed by atoms with van der Waals surface area (Å²) in [6.45, 7) is 2.32. The molecule has 0 saturated heterocycles. The fourth-order valence-electron chi connectivity index (χ4n) is 1.28. The Balaban J connectivity index is 2.79. The molecule has 0 unspecified atom stereocenters. The zero-order valence-corrected chi connectivity index (χ0v) is 9.30. The summed E-state index contributed by atoms with van der Waals surface area (Å²) in [6, 6.07) is 1.97. The van der Waals surface area contributed by atoms with Crippen LogP contribution in [0.2, 0.25) is 0 Å². The molecule has 84 valence electrons. The molecule has 0 N–H and O–H groups in total. The summed E-state index contributed by atoms with van der Waals surface area (Å²) in [6.07, 6.45) is 5.59. The fraction of sp³-hybridized carbons (Fsp3) is 0.364. The van der Waals surface area contributed by atoms with Crippen LogP contribution in [0.3, 0.4) is 0 Å². The van der Waals surface area contributed by atoms with Crippen LogP contribution in [0, 0.1) is 11.3 Å². The molecule has 0 aliphatic carbocycles. The number of imidazole rings is 1. The van der Waals surface area contributed by atoms with E-state index in [1.807, 2.05) is 13.0 Å². The maximum atomic E-state index is 11.3. The number of ether oxygens (including phenoxy) is 1. The minimum absolute atomic E-state index is 0.330. The van der Waals surface area contributed by atoms with Crippen molar-refractivity contribution in [2.24, 2.45) is 0 Å². The highest BCUT2D eigenvalue weighted by Gasteiger charge is 2.07. The van der Waals surface area contributed by atoms with E-state index in [1.54, 1.807) is 23.0 Å². The Labute approximate surface area is 94.0 Å². The lowest BCUT2D eigenvalue weighted by Crippen LogP contribution is -2.06. The van der Waals surface area contributed by atoms with Crippen LogP contribution in [0.1, 0.15) is 19.2 Å². The monoisotopic (exact) mass is 219 g/mol. The third-order valence-electron chi connectivity index (χ3n) is 2.18. The maximum Gasteiger partial charge on any atom is 0.333 e.